The molecular weight excluding hydrogens is 313 g/mol. The Balaban J connectivity index is 2.35. The molecule has 19 heavy (non-hydrogen) atoms. The maximum Gasteiger partial charge on any atom is 0.303 e. The Hall–Kier alpha value is -1.36. The van der Waals surface area contributed by atoms with Crippen LogP contribution in [0.15, 0.2) is 22.7 Å². The fourth-order valence-corrected chi connectivity index (χ4v) is 3.11. The molecular formula is C14H15BrFNO2. The molecule has 0 heterocycles. The summed E-state index contributed by atoms with van der Waals surface area (Å²) in [5, 5.41) is 11.9. The van der Waals surface area contributed by atoms with E-state index in [0.717, 1.165) is 29.7 Å². The molecule has 1 aromatic carbocycles. The van der Waals surface area contributed by atoms with Crippen molar-refractivity contribution in [1.82, 2.24) is 0 Å². The fraction of sp³-hybridized carbons (Fsp3) is 0.357. The van der Waals surface area contributed by atoms with Crippen molar-refractivity contribution in [3.05, 3.63) is 34.1 Å². The van der Waals surface area contributed by atoms with Gasteiger partial charge in [-0.25, -0.2) is 4.39 Å². The Morgan fingerprint density at radius 3 is 2.95 bits per heavy atom. The summed E-state index contributed by atoms with van der Waals surface area (Å²) in [4.78, 5) is 10.7. The summed E-state index contributed by atoms with van der Waals surface area (Å²) in [5.41, 5.74) is 2.65. The van der Waals surface area contributed by atoms with Gasteiger partial charge in [-0.2, -0.15) is 0 Å². The van der Waals surface area contributed by atoms with E-state index < -0.39 is 5.97 Å². The molecule has 102 valence electrons. The van der Waals surface area contributed by atoms with Crippen LogP contribution in [0.5, 0.6) is 0 Å². The van der Waals surface area contributed by atoms with E-state index in [2.05, 4.69) is 21.2 Å². The van der Waals surface area contributed by atoms with Gasteiger partial charge in [0.05, 0.1) is 12.1 Å². The van der Waals surface area contributed by atoms with Gasteiger partial charge < -0.3 is 10.4 Å². The van der Waals surface area contributed by atoms with E-state index in [4.69, 9.17) is 5.11 Å². The van der Waals surface area contributed by atoms with Crippen molar-refractivity contribution in [2.24, 2.45) is 5.92 Å². The monoisotopic (exact) mass is 327 g/mol. The Bertz CT molecular complexity index is 542. The number of hydrogen-bond acceptors (Lipinski definition) is 2. The van der Waals surface area contributed by atoms with Crippen LogP contribution < -0.4 is 5.32 Å². The molecule has 2 rings (SSSR count). The summed E-state index contributed by atoms with van der Waals surface area (Å²) >= 11 is 3.34. The first-order valence-electron chi connectivity index (χ1n) is 6.11. The Morgan fingerprint density at radius 1 is 1.58 bits per heavy atom. The number of nitrogens with one attached hydrogen (secondary N) is 1. The zero-order valence-electron chi connectivity index (χ0n) is 10.5. The van der Waals surface area contributed by atoms with Gasteiger partial charge in [-0.1, -0.05) is 6.08 Å². The minimum absolute atomic E-state index is 0.0410. The van der Waals surface area contributed by atoms with Crippen LogP contribution in [0.2, 0.25) is 0 Å². The number of rotatable bonds is 4. The van der Waals surface area contributed by atoms with Gasteiger partial charge in [-0.05, 0) is 52.4 Å². The second-order valence-electron chi connectivity index (χ2n) is 4.65. The highest BCUT2D eigenvalue weighted by Gasteiger charge is 2.22. The standard InChI is InChI=1S/C14H15BrFNO2/c1-17-14-11(6-10(16)7-12(14)15)9-3-2-8(4-9)5-13(18)19/h4,6-8,17H,2-3,5H2,1H3,(H,18,19). The van der Waals surface area contributed by atoms with E-state index in [1.165, 1.54) is 12.1 Å². The minimum atomic E-state index is -0.795. The Kier molecular flexibility index (Phi) is 4.24. The summed E-state index contributed by atoms with van der Waals surface area (Å²) in [7, 11) is 1.78. The maximum atomic E-state index is 13.5. The predicted molar refractivity (Wildman–Crippen MR) is 76.6 cm³/mol. The second-order valence-corrected chi connectivity index (χ2v) is 5.50. The molecule has 2 N–H and O–H groups in total. The number of anilines is 1. The molecule has 3 nitrogen and oxygen atoms in total. The second kappa shape index (κ2) is 5.74. The minimum Gasteiger partial charge on any atom is -0.481 e. The zero-order chi connectivity index (χ0) is 14.0. The van der Waals surface area contributed by atoms with E-state index in [0.29, 0.717) is 4.47 Å². The van der Waals surface area contributed by atoms with E-state index >= 15 is 0 Å². The van der Waals surface area contributed by atoms with E-state index in [-0.39, 0.29) is 18.2 Å². The van der Waals surface area contributed by atoms with Gasteiger partial charge in [-0.3, -0.25) is 4.79 Å². The van der Waals surface area contributed by atoms with Crippen molar-refractivity contribution in [2.45, 2.75) is 19.3 Å². The molecule has 0 bridgehead atoms. The number of carboxylic acid groups (broad SMARTS) is 1. The number of benzene rings is 1. The largest absolute Gasteiger partial charge is 0.481 e. The lowest BCUT2D eigenvalue weighted by Gasteiger charge is -2.12. The lowest BCUT2D eigenvalue weighted by atomic mass is 10.0. The van der Waals surface area contributed by atoms with Crippen LogP contribution in [-0.2, 0) is 4.79 Å². The normalized spacial score (nSPS) is 18.3. The van der Waals surface area contributed by atoms with Crippen molar-refractivity contribution in [3.63, 3.8) is 0 Å². The summed E-state index contributed by atoms with van der Waals surface area (Å²) < 4.78 is 14.2. The highest BCUT2D eigenvalue weighted by Crippen LogP contribution is 2.39. The average molecular weight is 328 g/mol. The van der Waals surface area contributed by atoms with Crippen molar-refractivity contribution in [2.75, 3.05) is 12.4 Å². The molecule has 5 heteroatoms. The lowest BCUT2D eigenvalue weighted by molar-refractivity contribution is -0.137. The molecule has 0 saturated carbocycles. The van der Waals surface area contributed by atoms with Crippen LogP contribution in [0.1, 0.15) is 24.8 Å². The number of carboxylic acids is 1. The number of halogens is 2. The highest BCUT2D eigenvalue weighted by molar-refractivity contribution is 9.10. The van der Waals surface area contributed by atoms with Crippen LogP contribution in [0.3, 0.4) is 0 Å². The van der Waals surface area contributed by atoms with Gasteiger partial charge in [0.15, 0.2) is 0 Å². The van der Waals surface area contributed by atoms with Gasteiger partial charge in [0.25, 0.3) is 0 Å². The molecule has 1 atom stereocenters. The number of carbonyl (C=O) groups is 1. The highest BCUT2D eigenvalue weighted by atomic mass is 79.9. The molecule has 1 aromatic rings. The van der Waals surface area contributed by atoms with Crippen molar-refractivity contribution in [3.8, 4) is 0 Å². The van der Waals surface area contributed by atoms with Crippen molar-refractivity contribution >= 4 is 33.2 Å². The van der Waals surface area contributed by atoms with E-state index in [1.807, 2.05) is 6.08 Å². The van der Waals surface area contributed by atoms with Crippen LogP contribution >= 0.6 is 15.9 Å². The third-order valence-corrected chi connectivity index (χ3v) is 3.93. The SMILES string of the molecule is CNc1c(Br)cc(F)cc1C1=CC(CC(=O)O)CC1. The summed E-state index contributed by atoms with van der Waals surface area (Å²) in [6, 6.07) is 2.91. The molecule has 1 aliphatic carbocycles. The fourth-order valence-electron chi connectivity index (χ4n) is 2.48. The van der Waals surface area contributed by atoms with Crippen molar-refractivity contribution < 1.29 is 14.3 Å². The quantitative estimate of drug-likeness (QED) is 0.881. The topological polar surface area (TPSA) is 49.3 Å². The van der Waals surface area contributed by atoms with Gasteiger partial charge in [0.2, 0.25) is 0 Å². The molecule has 0 amide bonds. The van der Waals surface area contributed by atoms with Crippen LogP contribution in [0.4, 0.5) is 10.1 Å². The first kappa shape index (κ1) is 14.1. The average Bonchev–Trinajstić information content (AvgIpc) is 2.75. The molecule has 0 aromatic heterocycles. The van der Waals surface area contributed by atoms with Gasteiger partial charge in [0, 0.05) is 17.1 Å². The first-order valence-corrected chi connectivity index (χ1v) is 6.90. The molecule has 0 fully saturated rings. The van der Waals surface area contributed by atoms with Gasteiger partial charge in [-0.15, -0.1) is 0 Å². The van der Waals surface area contributed by atoms with Crippen LogP contribution in [0, 0.1) is 11.7 Å². The Labute approximate surface area is 119 Å². The smallest absolute Gasteiger partial charge is 0.303 e. The first-order chi connectivity index (χ1) is 9.01. The summed E-state index contributed by atoms with van der Waals surface area (Å²) in [5.74, 6) is -1.06. The lowest BCUT2D eigenvalue weighted by Crippen LogP contribution is -2.02. The third kappa shape index (κ3) is 3.15. The number of aliphatic carboxylic acids is 1. The van der Waals surface area contributed by atoms with Crippen LogP contribution in [0.25, 0.3) is 5.57 Å². The third-order valence-electron chi connectivity index (χ3n) is 3.31. The molecule has 1 unspecified atom stereocenters. The Morgan fingerprint density at radius 2 is 2.32 bits per heavy atom. The number of hydrogen-bond donors (Lipinski definition) is 2. The van der Waals surface area contributed by atoms with Gasteiger partial charge in [0.1, 0.15) is 5.82 Å². The molecule has 0 spiro atoms. The maximum absolute atomic E-state index is 13.5. The van der Waals surface area contributed by atoms with E-state index in [1.54, 1.807) is 7.05 Å². The van der Waals surface area contributed by atoms with Crippen molar-refractivity contribution in [1.29, 1.82) is 0 Å². The van der Waals surface area contributed by atoms with E-state index in [9.17, 15) is 9.18 Å². The summed E-state index contributed by atoms with van der Waals surface area (Å²) in [6.45, 7) is 0. The molecule has 0 radical (unpaired) electrons. The molecule has 0 aliphatic heterocycles. The predicted octanol–water partition coefficient (Wildman–Crippen LogP) is 3.90. The van der Waals surface area contributed by atoms with Crippen LogP contribution in [-0.4, -0.2) is 18.1 Å². The zero-order valence-corrected chi connectivity index (χ0v) is 12.1. The number of allylic oxidation sites excluding steroid dienone is 2. The summed E-state index contributed by atoms with van der Waals surface area (Å²) in [6.07, 6.45) is 3.67. The molecule has 0 saturated heterocycles. The van der Waals surface area contributed by atoms with Gasteiger partial charge >= 0.3 is 5.97 Å². The molecule has 1 aliphatic rings.